The van der Waals surface area contributed by atoms with Crippen molar-refractivity contribution in [2.75, 3.05) is 39.3 Å². The molecule has 7 rings (SSSR count). The molecule has 0 radical (unpaired) electrons. The molecule has 0 aliphatic carbocycles. The summed E-state index contributed by atoms with van der Waals surface area (Å²) in [4.78, 5) is 43.4. The van der Waals surface area contributed by atoms with E-state index in [-0.39, 0.29) is 46.9 Å². The zero-order chi connectivity index (χ0) is 33.7. The maximum Gasteiger partial charge on any atom is 0.348 e. The van der Waals surface area contributed by atoms with Crippen LogP contribution in [0.1, 0.15) is 58.8 Å². The van der Waals surface area contributed by atoms with E-state index in [0.29, 0.717) is 48.1 Å². The van der Waals surface area contributed by atoms with Gasteiger partial charge < -0.3 is 35.7 Å². The molecule has 4 heterocycles. The lowest BCUT2D eigenvalue weighted by atomic mass is 9.84. The number of carbonyl (C=O) groups is 2. The van der Waals surface area contributed by atoms with Crippen molar-refractivity contribution >= 4 is 22.8 Å². The maximum atomic E-state index is 13.8. The van der Waals surface area contributed by atoms with Crippen molar-refractivity contribution in [3.63, 3.8) is 0 Å². The predicted molar refractivity (Wildman–Crippen MR) is 181 cm³/mol. The molecule has 3 unspecified atom stereocenters. The van der Waals surface area contributed by atoms with Crippen molar-refractivity contribution in [3.05, 3.63) is 111 Å². The van der Waals surface area contributed by atoms with Gasteiger partial charge in [-0.15, -0.1) is 0 Å². The largest absolute Gasteiger partial charge is 0.506 e. The Morgan fingerprint density at radius 3 is 2.46 bits per heavy atom. The van der Waals surface area contributed by atoms with Crippen molar-refractivity contribution in [2.24, 2.45) is 5.92 Å². The number of hydrogen-bond donors (Lipinski definition) is 6. The number of aromatic hydroxyl groups is 1. The van der Waals surface area contributed by atoms with Gasteiger partial charge in [-0.1, -0.05) is 48.5 Å². The topological polar surface area (TPSA) is 164 Å². The first-order valence-corrected chi connectivity index (χ1v) is 16.6. The van der Waals surface area contributed by atoms with Crippen LogP contribution in [-0.2, 0) is 15.1 Å². The van der Waals surface area contributed by atoms with Gasteiger partial charge in [0.1, 0.15) is 11.9 Å². The number of amides is 1. The van der Waals surface area contributed by atoms with Crippen LogP contribution < -0.4 is 16.2 Å². The van der Waals surface area contributed by atoms with Crippen molar-refractivity contribution < 1.29 is 29.6 Å². The van der Waals surface area contributed by atoms with E-state index in [0.717, 1.165) is 32.4 Å². The van der Waals surface area contributed by atoms with E-state index in [2.05, 4.69) is 20.5 Å². The Bertz CT molecular complexity index is 1800. The number of carbonyl (C=O) groups excluding carboxylic acids is 2. The number of aliphatic hydroxyl groups excluding tert-OH is 1. The van der Waals surface area contributed by atoms with Crippen LogP contribution in [0.5, 0.6) is 5.75 Å². The summed E-state index contributed by atoms with van der Waals surface area (Å²) >= 11 is 0. The molecule has 3 atom stereocenters. The Morgan fingerprint density at radius 1 is 0.958 bits per heavy atom. The lowest BCUT2D eigenvalue weighted by Gasteiger charge is -2.44. The summed E-state index contributed by atoms with van der Waals surface area (Å²) in [7, 11) is 0. The molecule has 1 amide bonds. The van der Waals surface area contributed by atoms with Gasteiger partial charge in [-0.2, -0.15) is 0 Å². The number of phenols is 1. The first-order valence-electron chi connectivity index (χ1n) is 16.6. The number of nitrogens with zero attached hydrogens (tertiary/aromatic N) is 1. The Morgan fingerprint density at radius 2 is 1.71 bits per heavy atom. The Balaban J connectivity index is 1.02. The second kappa shape index (κ2) is 14.7. The molecule has 252 valence electrons. The molecule has 48 heavy (non-hydrogen) atoms. The number of piperidine rings is 3. The van der Waals surface area contributed by atoms with Crippen LogP contribution in [0, 0.1) is 5.92 Å². The van der Waals surface area contributed by atoms with Crippen molar-refractivity contribution in [1.82, 2.24) is 20.5 Å². The maximum absolute atomic E-state index is 13.8. The highest BCUT2D eigenvalue weighted by molar-refractivity contribution is 5.95. The van der Waals surface area contributed by atoms with E-state index in [1.807, 2.05) is 6.07 Å². The summed E-state index contributed by atoms with van der Waals surface area (Å²) in [5.41, 5.74) is -0.578. The van der Waals surface area contributed by atoms with Gasteiger partial charge in [0.15, 0.2) is 0 Å². The Labute approximate surface area is 278 Å². The second-order valence-electron chi connectivity index (χ2n) is 12.7. The van der Waals surface area contributed by atoms with E-state index in [1.54, 1.807) is 60.7 Å². The fraction of sp³-hybridized carbons (Fsp3) is 0.378. The number of ether oxygens (including phenoxy) is 1. The van der Waals surface area contributed by atoms with Crippen LogP contribution in [0.4, 0.5) is 0 Å². The fourth-order valence-electron chi connectivity index (χ4n) is 6.81. The molecular weight excluding hydrogens is 612 g/mol. The Kier molecular flexibility index (Phi) is 10.2. The number of phenolic OH excluding ortho intramolecular Hbond substituents is 1. The minimum absolute atomic E-state index is 0.0607. The number of hydrogen-bond acceptors (Lipinski definition) is 9. The van der Waals surface area contributed by atoms with Crippen LogP contribution in [0.3, 0.4) is 0 Å². The molecule has 0 saturated carbocycles. The molecular formula is C37H42N4O7. The van der Waals surface area contributed by atoms with E-state index >= 15 is 0 Å². The molecule has 3 saturated heterocycles. The van der Waals surface area contributed by atoms with Crippen molar-refractivity contribution in [3.8, 4) is 5.75 Å². The Hall–Kier alpha value is -4.55. The number of esters is 1. The van der Waals surface area contributed by atoms with Crippen molar-refractivity contribution in [2.45, 2.75) is 43.5 Å². The first kappa shape index (κ1) is 33.4. The summed E-state index contributed by atoms with van der Waals surface area (Å²) in [5, 5.41) is 39.5. The quantitative estimate of drug-likeness (QED) is 0.0940. The van der Waals surface area contributed by atoms with Gasteiger partial charge in [-0.3, -0.25) is 14.5 Å². The summed E-state index contributed by atoms with van der Waals surface area (Å²) < 4.78 is 6.00. The van der Waals surface area contributed by atoms with Gasteiger partial charge >= 0.3 is 5.97 Å². The number of unbranched alkanes of at least 4 members (excludes halogenated alkanes) is 1. The molecule has 11 heteroatoms. The van der Waals surface area contributed by atoms with Gasteiger partial charge in [0.05, 0.1) is 11.6 Å². The summed E-state index contributed by atoms with van der Waals surface area (Å²) in [6.45, 7) is 3.95. The highest BCUT2D eigenvalue weighted by atomic mass is 16.6. The molecule has 3 fully saturated rings. The molecule has 3 aromatic carbocycles. The van der Waals surface area contributed by atoms with Gasteiger partial charge in [-0.05, 0) is 86.6 Å². The third-order valence-electron chi connectivity index (χ3n) is 9.55. The number of pyridine rings is 1. The molecule has 1 aromatic heterocycles. The van der Waals surface area contributed by atoms with E-state index < -0.39 is 17.7 Å². The average Bonchev–Trinajstić information content (AvgIpc) is 3.12. The van der Waals surface area contributed by atoms with Crippen LogP contribution in [0.2, 0.25) is 0 Å². The number of benzene rings is 3. The molecule has 0 spiro atoms. The third kappa shape index (κ3) is 7.14. The molecule has 4 aromatic rings. The standard InChI is InChI=1S/C37H42N4O7/c42-30-13-11-28(29-12-14-33(44)40-34(29)30)31(43)22-38-17-4-5-18-39-35(45)25-7-6-10-27(21-25)37(47,26-8-2-1-3-9-26)36(46)48-32-23-41-19-15-24(32)16-20-41/h1-3,6-14,21,24,31-32,38,42-43,47H,4-5,15-20,22-23H2,(H,39,45)(H,40,44). The SMILES string of the molecule is O=C(NCCCCNCC(O)c1ccc(O)c2[nH]c(=O)ccc12)c1cccc(C(O)(C(=O)OC2CN3CCC2CC3)c2ccccc2)c1. The van der Waals surface area contributed by atoms with E-state index in [4.69, 9.17) is 4.74 Å². The van der Waals surface area contributed by atoms with E-state index in [1.165, 1.54) is 12.1 Å². The van der Waals surface area contributed by atoms with Crippen LogP contribution in [0.15, 0.2) is 83.7 Å². The fourth-order valence-corrected chi connectivity index (χ4v) is 6.81. The highest BCUT2D eigenvalue weighted by Gasteiger charge is 2.45. The number of fused-ring (bicyclic) bond motifs is 4. The summed E-state index contributed by atoms with van der Waals surface area (Å²) in [6.07, 6.45) is 2.22. The number of aromatic nitrogens is 1. The summed E-state index contributed by atoms with van der Waals surface area (Å²) in [6, 6.07) is 21.2. The second-order valence-corrected chi connectivity index (χ2v) is 12.7. The number of aromatic amines is 1. The molecule has 3 aliphatic rings. The smallest absolute Gasteiger partial charge is 0.348 e. The first-order chi connectivity index (χ1) is 23.2. The normalized spacial score (nSPS) is 20.6. The zero-order valence-corrected chi connectivity index (χ0v) is 26.7. The van der Waals surface area contributed by atoms with E-state index in [9.17, 15) is 29.7 Å². The minimum Gasteiger partial charge on any atom is -0.506 e. The zero-order valence-electron chi connectivity index (χ0n) is 26.7. The van der Waals surface area contributed by atoms with Crippen LogP contribution in [-0.4, -0.2) is 82.5 Å². The number of H-pyrrole nitrogens is 1. The van der Waals surface area contributed by atoms with Gasteiger partial charge in [-0.25, -0.2) is 4.79 Å². The van der Waals surface area contributed by atoms with Crippen molar-refractivity contribution in [1.29, 1.82) is 0 Å². The molecule has 11 nitrogen and oxygen atoms in total. The van der Waals surface area contributed by atoms with Crippen LogP contribution in [0.25, 0.3) is 10.9 Å². The highest BCUT2D eigenvalue weighted by Crippen LogP contribution is 2.36. The number of aliphatic hydroxyl groups is 2. The number of nitrogens with one attached hydrogen (secondary N) is 3. The third-order valence-corrected chi connectivity index (χ3v) is 9.55. The number of rotatable bonds is 13. The van der Waals surface area contributed by atoms with Gasteiger partial charge in [0.25, 0.3) is 5.91 Å². The summed E-state index contributed by atoms with van der Waals surface area (Å²) in [5.74, 6) is -0.840. The lowest BCUT2D eigenvalue weighted by Crippen LogP contribution is -2.53. The van der Waals surface area contributed by atoms with Crippen LogP contribution >= 0.6 is 0 Å². The predicted octanol–water partition coefficient (Wildman–Crippen LogP) is 2.94. The minimum atomic E-state index is -2.08. The molecule has 2 bridgehead atoms. The lowest BCUT2D eigenvalue weighted by molar-refractivity contribution is -0.177. The van der Waals surface area contributed by atoms with Gasteiger partial charge in [0.2, 0.25) is 11.2 Å². The molecule has 6 N–H and O–H groups in total. The monoisotopic (exact) mass is 654 g/mol. The van der Waals surface area contributed by atoms with Gasteiger partial charge in [0, 0.05) is 42.2 Å². The average molecular weight is 655 g/mol. The molecule has 3 aliphatic heterocycles.